The highest BCUT2D eigenvalue weighted by Gasteiger charge is 2.38. The number of rotatable bonds is 5. The van der Waals surface area contributed by atoms with E-state index in [0.717, 1.165) is 6.04 Å². The predicted molar refractivity (Wildman–Crippen MR) is 91.8 cm³/mol. The first-order chi connectivity index (χ1) is 9.93. The lowest BCUT2D eigenvalue weighted by molar-refractivity contribution is 0.0341. The van der Waals surface area contributed by atoms with Gasteiger partial charge in [-0.25, -0.2) is 0 Å². The van der Waals surface area contributed by atoms with Crippen molar-refractivity contribution in [2.75, 3.05) is 33.7 Å². The maximum Gasteiger partial charge on any atom is 0.0254 e. The molecule has 2 fully saturated rings. The molecule has 0 aromatic heterocycles. The molecule has 0 spiro atoms. The summed E-state index contributed by atoms with van der Waals surface area (Å²) in [6, 6.07) is 2.20. The first-order valence-electron chi connectivity index (χ1n) is 9.07. The Morgan fingerprint density at radius 2 is 1.86 bits per heavy atom. The molecule has 1 saturated heterocycles. The van der Waals surface area contributed by atoms with Crippen LogP contribution in [0.25, 0.3) is 0 Å². The Hall–Kier alpha value is -0.120. The van der Waals surface area contributed by atoms with Gasteiger partial charge in [0.2, 0.25) is 0 Å². The molecule has 2 rings (SSSR count). The monoisotopic (exact) mass is 295 g/mol. The molecule has 1 saturated carbocycles. The fourth-order valence-corrected chi connectivity index (χ4v) is 4.22. The van der Waals surface area contributed by atoms with Crippen molar-refractivity contribution in [2.24, 2.45) is 5.41 Å². The van der Waals surface area contributed by atoms with Crippen LogP contribution in [0.4, 0.5) is 0 Å². The molecule has 3 nitrogen and oxygen atoms in total. The molecule has 2 aliphatic rings. The topological polar surface area (TPSA) is 18.5 Å². The van der Waals surface area contributed by atoms with Crippen molar-refractivity contribution in [3.63, 3.8) is 0 Å². The Morgan fingerprint density at radius 3 is 2.48 bits per heavy atom. The predicted octanol–water partition coefficient (Wildman–Crippen LogP) is 2.96. The van der Waals surface area contributed by atoms with E-state index in [1.165, 1.54) is 58.2 Å². The Bertz CT molecular complexity index is 308. The maximum atomic E-state index is 3.84. The minimum Gasteiger partial charge on any atom is -0.312 e. The van der Waals surface area contributed by atoms with Gasteiger partial charge < -0.3 is 10.2 Å². The summed E-state index contributed by atoms with van der Waals surface area (Å²) in [6.45, 7) is 10.9. The number of hydrogen-bond acceptors (Lipinski definition) is 3. The van der Waals surface area contributed by atoms with Gasteiger partial charge in [-0.3, -0.25) is 4.90 Å². The van der Waals surface area contributed by atoms with E-state index >= 15 is 0 Å². The first-order valence-corrected chi connectivity index (χ1v) is 9.07. The van der Waals surface area contributed by atoms with Crippen molar-refractivity contribution in [1.29, 1.82) is 0 Å². The smallest absolute Gasteiger partial charge is 0.0254 e. The highest BCUT2D eigenvalue weighted by atomic mass is 15.2. The van der Waals surface area contributed by atoms with Crippen LogP contribution in [0.3, 0.4) is 0 Å². The quantitative estimate of drug-likeness (QED) is 0.841. The average Bonchev–Trinajstić information content (AvgIpc) is 2.45. The van der Waals surface area contributed by atoms with Crippen molar-refractivity contribution < 1.29 is 0 Å². The summed E-state index contributed by atoms with van der Waals surface area (Å²) in [7, 11) is 4.65. The van der Waals surface area contributed by atoms with Gasteiger partial charge in [0.15, 0.2) is 0 Å². The second-order valence-electron chi connectivity index (χ2n) is 8.23. The lowest BCUT2D eigenvalue weighted by Crippen LogP contribution is -2.57. The molecule has 0 bridgehead atoms. The molecule has 2 unspecified atom stereocenters. The van der Waals surface area contributed by atoms with Gasteiger partial charge in [0.25, 0.3) is 0 Å². The Kier molecular flexibility index (Phi) is 6.10. The van der Waals surface area contributed by atoms with E-state index in [2.05, 4.69) is 50.0 Å². The minimum atomic E-state index is 0.509. The largest absolute Gasteiger partial charge is 0.312 e. The van der Waals surface area contributed by atoms with Gasteiger partial charge in [-0.15, -0.1) is 0 Å². The van der Waals surface area contributed by atoms with Crippen LogP contribution in [0.1, 0.15) is 59.3 Å². The SMILES string of the molecule is CCCNC1CCC(C)(C)CC1N(C)C1CCN(C)CC1. The zero-order valence-electron chi connectivity index (χ0n) is 15.0. The number of hydrogen-bond donors (Lipinski definition) is 1. The van der Waals surface area contributed by atoms with Gasteiger partial charge in [-0.1, -0.05) is 20.8 Å². The molecule has 1 heterocycles. The molecule has 3 heteroatoms. The lowest BCUT2D eigenvalue weighted by Gasteiger charge is -2.48. The molecule has 0 aromatic carbocycles. The Labute approximate surface area is 132 Å². The zero-order chi connectivity index (χ0) is 15.5. The lowest BCUT2D eigenvalue weighted by atomic mass is 9.72. The van der Waals surface area contributed by atoms with E-state index < -0.39 is 0 Å². The second kappa shape index (κ2) is 7.43. The average molecular weight is 296 g/mol. The molecule has 1 aliphatic carbocycles. The molecule has 0 aromatic rings. The zero-order valence-corrected chi connectivity index (χ0v) is 15.0. The van der Waals surface area contributed by atoms with Crippen LogP contribution in [-0.4, -0.2) is 61.7 Å². The standard InChI is InChI=1S/C18H37N3/c1-6-11-19-16-7-10-18(2,3)14-17(16)21(5)15-8-12-20(4)13-9-15/h15-17,19H,6-14H2,1-5H3. The van der Waals surface area contributed by atoms with Crippen molar-refractivity contribution in [2.45, 2.75) is 77.4 Å². The van der Waals surface area contributed by atoms with Crippen molar-refractivity contribution in [3.05, 3.63) is 0 Å². The molecule has 21 heavy (non-hydrogen) atoms. The summed E-state index contributed by atoms with van der Waals surface area (Å²) in [5, 5.41) is 3.84. The molecule has 1 aliphatic heterocycles. The van der Waals surface area contributed by atoms with E-state index in [1.54, 1.807) is 0 Å². The molecule has 1 N–H and O–H groups in total. The fraction of sp³-hybridized carbons (Fsp3) is 1.00. The molecular weight excluding hydrogens is 258 g/mol. The van der Waals surface area contributed by atoms with Crippen LogP contribution in [0.2, 0.25) is 0 Å². The third kappa shape index (κ3) is 4.67. The van der Waals surface area contributed by atoms with E-state index in [-0.39, 0.29) is 0 Å². The van der Waals surface area contributed by atoms with Crippen LogP contribution < -0.4 is 5.32 Å². The van der Waals surface area contributed by atoms with Gasteiger partial charge >= 0.3 is 0 Å². The molecular formula is C18H37N3. The van der Waals surface area contributed by atoms with Gasteiger partial charge in [0.1, 0.15) is 0 Å². The van der Waals surface area contributed by atoms with Crippen molar-refractivity contribution >= 4 is 0 Å². The molecule has 0 amide bonds. The summed E-state index contributed by atoms with van der Waals surface area (Å²) >= 11 is 0. The minimum absolute atomic E-state index is 0.509. The number of piperidine rings is 1. The molecule has 2 atom stereocenters. The van der Waals surface area contributed by atoms with E-state index in [4.69, 9.17) is 0 Å². The number of nitrogens with one attached hydrogen (secondary N) is 1. The van der Waals surface area contributed by atoms with Crippen LogP contribution in [0.5, 0.6) is 0 Å². The maximum absolute atomic E-state index is 3.84. The summed E-state index contributed by atoms with van der Waals surface area (Å²) in [5.74, 6) is 0. The van der Waals surface area contributed by atoms with Gasteiger partial charge in [0.05, 0.1) is 0 Å². The highest BCUT2D eigenvalue weighted by molar-refractivity contribution is 4.96. The number of nitrogens with zero attached hydrogens (tertiary/aromatic N) is 2. The van der Waals surface area contributed by atoms with Crippen LogP contribution in [0.15, 0.2) is 0 Å². The molecule has 0 radical (unpaired) electrons. The van der Waals surface area contributed by atoms with Crippen LogP contribution in [-0.2, 0) is 0 Å². The normalized spacial score (nSPS) is 31.7. The molecule has 124 valence electrons. The summed E-state index contributed by atoms with van der Waals surface area (Å²) in [5.41, 5.74) is 0.509. The van der Waals surface area contributed by atoms with E-state index in [1.807, 2.05) is 0 Å². The summed E-state index contributed by atoms with van der Waals surface area (Å²) < 4.78 is 0. The number of likely N-dealkylation sites (N-methyl/N-ethyl adjacent to an activating group) is 1. The Morgan fingerprint density at radius 1 is 1.19 bits per heavy atom. The third-order valence-electron chi connectivity index (χ3n) is 5.80. The second-order valence-corrected chi connectivity index (χ2v) is 8.23. The summed E-state index contributed by atoms with van der Waals surface area (Å²) in [4.78, 5) is 5.21. The van der Waals surface area contributed by atoms with Gasteiger partial charge in [-0.2, -0.15) is 0 Å². The van der Waals surface area contributed by atoms with E-state index in [9.17, 15) is 0 Å². The first kappa shape index (κ1) is 17.2. The van der Waals surface area contributed by atoms with Crippen LogP contribution in [0, 0.1) is 5.41 Å². The fourth-order valence-electron chi connectivity index (χ4n) is 4.22. The summed E-state index contributed by atoms with van der Waals surface area (Å²) in [6.07, 6.45) is 7.97. The van der Waals surface area contributed by atoms with Crippen molar-refractivity contribution in [3.8, 4) is 0 Å². The highest BCUT2D eigenvalue weighted by Crippen LogP contribution is 2.38. The third-order valence-corrected chi connectivity index (χ3v) is 5.80. The van der Waals surface area contributed by atoms with Gasteiger partial charge in [-0.05, 0) is 77.7 Å². The van der Waals surface area contributed by atoms with E-state index in [0.29, 0.717) is 17.5 Å². The van der Waals surface area contributed by atoms with Gasteiger partial charge in [0, 0.05) is 18.1 Å². The number of likely N-dealkylation sites (tertiary alicyclic amines) is 1. The van der Waals surface area contributed by atoms with Crippen LogP contribution >= 0.6 is 0 Å². The Balaban J connectivity index is 2.00. The van der Waals surface area contributed by atoms with Crippen molar-refractivity contribution in [1.82, 2.24) is 15.1 Å².